The first-order valence-electron chi connectivity index (χ1n) is 7.22. The molecule has 3 rings (SSSR count). The Morgan fingerprint density at radius 2 is 1.96 bits per heavy atom. The van der Waals surface area contributed by atoms with E-state index in [4.69, 9.17) is 0 Å². The summed E-state index contributed by atoms with van der Waals surface area (Å²) in [6, 6.07) is 11.0. The lowest BCUT2D eigenvalue weighted by molar-refractivity contribution is -0.114. The smallest absolute Gasteiger partial charge is 0.265 e. The SMILES string of the molecule is CC(=O)Nc1ccc(C(=O)Nc2cccc(-c3csc(C)n3)c2)s1. The highest BCUT2D eigenvalue weighted by molar-refractivity contribution is 7.18. The molecule has 0 aliphatic heterocycles. The molecule has 0 radical (unpaired) electrons. The number of thiazole rings is 1. The number of hydrogen-bond donors (Lipinski definition) is 2. The van der Waals surface area contributed by atoms with Gasteiger partial charge in [-0.25, -0.2) is 4.98 Å². The molecule has 2 N–H and O–H groups in total. The number of hydrogen-bond acceptors (Lipinski definition) is 5. The molecule has 0 atom stereocenters. The number of aromatic nitrogens is 1. The molecule has 1 aromatic carbocycles. The summed E-state index contributed by atoms with van der Waals surface area (Å²) in [6.45, 7) is 3.40. The van der Waals surface area contributed by atoms with Crippen molar-refractivity contribution in [3.63, 3.8) is 0 Å². The predicted octanol–water partition coefficient (Wildman–Crippen LogP) is 4.39. The molecule has 5 nitrogen and oxygen atoms in total. The zero-order valence-corrected chi connectivity index (χ0v) is 14.8. The summed E-state index contributed by atoms with van der Waals surface area (Å²) >= 11 is 2.83. The number of nitrogens with one attached hydrogen (secondary N) is 2. The Morgan fingerprint density at radius 3 is 2.67 bits per heavy atom. The van der Waals surface area contributed by atoms with E-state index < -0.39 is 0 Å². The largest absolute Gasteiger partial charge is 0.321 e. The van der Waals surface area contributed by atoms with Gasteiger partial charge in [0.15, 0.2) is 0 Å². The number of amides is 2. The summed E-state index contributed by atoms with van der Waals surface area (Å²) < 4.78 is 0. The number of carbonyl (C=O) groups excluding carboxylic acids is 2. The van der Waals surface area contributed by atoms with Crippen LogP contribution < -0.4 is 10.6 Å². The van der Waals surface area contributed by atoms with Crippen molar-refractivity contribution in [1.29, 1.82) is 0 Å². The minimum absolute atomic E-state index is 0.157. The van der Waals surface area contributed by atoms with Crippen LogP contribution in [0.1, 0.15) is 21.6 Å². The van der Waals surface area contributed by atoms with Gasteiger partial charge in [-0.15, -0.1) is 22.7 Å². The first-order valence-corrected chi connectivity index (χ1v) is 8.92. The summed E-state index contributed by atoms with van der Waals surface area (Å²) in [5.74, 6) is -0.363. The Kier molecular flexibility index (Phi) is 4.73. The van der Waals surface area contributed by atoms with Crippen molar-refractivity contribution in [3.05, 3.63) is 51.7 Å². The van der Waals surface area contributed by atoms with E-state index in [2.05, 4.69) is 15.6 Å². The highest BCUT2D eigenvalue weighted by Gasteiger charge is 2.11. The van der Waals surface area contributed by atoms with Crippen LogP contribution in [0.15, 0.2) is 41.8 Å². The van der Waals surface area contributed by atoms with Gasteiger partial charge in [0.2, 0.25) is 5.91 Å². The fourth-order valence-electron chi connectivity index (χ4n) is 2.15. The first kappa shape index (κ1) is 16.4. The number of aryl methyl sites for hydroxylation is 1. The molecule has 0 fully saturated rings. The Hall–Kier alpha value is -2.51. The Labute approximate surface area is 147 Å². The van der Waals surface area contributed by atoms with Crippen molar-refractivity contribution < 1.29 is 9.59 Å². The molecule has 2 amide bonds. The second-order valence-electron chi connectivity index (χ2n) is 5.13. The van der Waals surface area contributed by atoms with Crippen LogP contribution in [0.5, 0.6) is 0 Å². The fourth-order valence-corrected chi connectivity index (χ4v) is 3.62. The maximum Gasteiger partial charge on any atom is 0.265 e. The quantitative estimate of drug-likeness (QED) is 0.727. The maximum atomic E-state index is 12.3. The second-order valence-corrected chi connectivity index (χ2v) is 7.28. The summed E-state index contributed by atoms with van der Waals surface area (Å²) in [4.78, 5) is 28.4. The van der Waals surface area contributed by atoms with Gasteiger partial charge < -0.3 is 10.6 Å². The van der Waals surface area contributed by atoms with Crippen LogP contribution in [0.4, 0.5) is 10.7 Å². The average Bonchev–Trinajstić information content (AvgIpc) is 3.16. The van der Waals surface area contributed by atoms with E-state index in [9.17, 15) is 9.59 Å². The highest BCUT2D eigenvalue weighted by atomic mass is 32.1. The molecule has 0 saturated carbocycles. The topological polar surface area (TPSA) is 71.1 Å². The van der Waals surface area contributed by atoms with Crippen LogP contribution in [-0.2, 0) is 4.79 Å². The molecule has 0 spiro atoms. The van der Waals surface area contributed by atoms with Gasteiger partial charge >= 0.3 is 0 Å². The van der Waals surface area contributed by atoms with E-state index in [1.54, 1.807) is 23.5 Å². The number of rotatable bonds is 4. The monoisotopic (exact) mass is 357 g/mol. The number of carbonyl (C=O) groups is 2. The van der Waals surface area contributed by atoms with Crippen molar-refractivity contribution in [2.75, 3.05) is 10.6 Å². The zero-order valence-electron chi connectivity index (χ0n) is 13.1. The molecule has 0 aliphatic rings. The molecule has 0 saturated heterocycles. The molecule has 2 aromatic heterocycles. The van der Waals surface area contributed by atoms with E-state index in [1.807, 2.05) is 36.6 Å². The van der Waals surface area contributed by atoms with Crippen molar-refractivity contribution in [2.24, 2.45) is 0 Å². The van der Waals surface area contributed by atoms with Gasteiger partial charge in [-0.3, -0.25) is 9.59 Å². The van der Waals surface area contributed by atoms with Gasteiger partial charge in [0.25, 0.3) is 5.91 Å². The zero-order chi connectivity index (χ0) is 17.1. The molecular weight excluding hydrogens is 342 g/mol. The summed E-state index contributed by atoms with van der Waals surface area (Å²) in [5, 5.41) is 9.20. The molecule has 122 valence electrons. The molecule has 7 heteroatoms. The van der Waals surface area contributed by atoms with Crippen LogP contribution in [0.3, 0.4) is 0 Å². The van der Waals surface area contributed by atoms with Crippen molar-refractivity contribution in [2.45, 2.75) is 13.8 Å². The lowest BCUT2D eigenvalue weighted by atomic mass is 10.1. The van der Waals surface area contributed by atoms with Gasteiger partial charge in [0, 0.05) is 23.6 Å². The lowest BCUT2D eigenvalue weighted by Crippen LogP contribution is -2.10. The van der Waals surface area contributed by atoms with Crippen LogP contribution in [-0.4, -0.2) is 16.8 Å². The van der Waals surface area contributed by atoms with Crippen molar-refractivity contribution in [1.82, 2.24) is 4.98 Å². The summed E-state index contributed by atoms with van der Waals surface area (Å²) in [7, 11) is 0. The number of nitrogens with zero attached hydrogens (tertiary/aromatic N) is 1. The van der Waals surface area contributed by atoms with Gasteiger partial charge in [0.05, 0.1) is 20.6 Å². The molecule has 0 unspecified atom stereocenters. The lowest BCUT2D eigenvalue weighted by Gasteiger charge is -2.05. The predicted molar refractivity (Wildman–Crippen MR) is 98.9 cm³/mol. The van der Waals surface area contributed by atoms with E-state index in [-0.39, 0.29) is 11.8 Å². The third-order valence-electron chi connectivity index (χ3n) is 3.16. The van der Waals surface area contributed by atoms with Crippen LogP contribution in [0, 0.1) is 6.92 Å². The van der Waals surface area contributed by atoms with E-state index in [0.29, 0.717) is 15.6 Å². The standard InChI is InChI=1S/C17H15N3O2S2/c1-10(21)18-16-7-6-15(24-16)17(22)20-13-5-3-4-12(8-13)14-9-23-11(2)19-14/h3-9H,1-2H3,(H,18,21)(H,20,22). The van der Waals surface area contributed by atoms with Crippen molar-refractivity contribution in [3.8, 4) is 11.3 Å². The van der Waals surface area contributed by atoms with E-state index in [0.717, 1.165) is 16.3 Å². The minimum atomic E-state index is -0.205. The van der Waals surface area contributed by atoms with Gasteiger partial charge in [-0.2, -0.15) is 0 Å². The molecule has 24 heavy (non-hydrogen) atoms. The Balaban J connectivity index is 1.75. The van der Waals surface area contributed by atoms with E-state index >= 15 is 0 Å². The van der Waals surface area contributed by atoms with E-state index in [1.165, 1.54) is 18.3 Å². The highest BCUT2D eigenvalue weighted by Crippen LogP contribution is 2.26. The maximum absolute atomic E-state index is 12.3. The molecule has 0 bridgehead atoms. The Bertz CT molecular complexity index is 899. The van der Waals surface area contributed by atoms with Gasteiger partial charge in [-0.1, -0.05) is 12.1 Å². The van der Waals surface area contributed by atoms with Crippen LogP contribution in [0.2, 0.25) is 0 Å². The second kappa shape index (κ2) is 6.94. The molecule has 0 aliphatic carbocycles. The minimum Gasteiger partial charge on any atom is -0.321 e. The number of thiophene rings is 1. The third-order valence-corrected chi connectivity index (χ3v) is 4.94. The normalized spacial score (nSPS) is 10.4. The Morgan fingerprint density at radius 1 is 1.12 bits per heavy atom. The van der Waals surface area contributed by atoms with Gasteiger partial charge in [-0.05, 0) is 31.2 Å². The van der Waals surface area contributed by atoms with Gasteiger partial charge in [0.1, 0.15) is 0 Å². The average molecular weight is 357 g/mol. The fraction of sp³-hybridized carbons (Fsp3) is 0.118. The summed E-state index contributed by atoms with van der Waals surface area (Å²) in [5.41, 5.74) is 2.57. The van der Waals surface area contributed by atoms with Crippen LogP contribution in [0.25, 0.3) is 11.3 Å². The first-order chi connectivity index (χ1) is 11.5. The van der Waals surface area contributed by atoms with Crippen molar-refractivity contribution >= 4 is 45.2 Å². The number of anilines is 2. The van der Waals surface area contributed by atoms with Crippen LogP contribution >= 0.6 is 22.7 Å². The summed E-state index contributed by atoms with van der Waals surface area (Å²) in [6.07, 6.45) is 0. The number of benzene rings is 1. The third kappa shape index (κ3) is 3.87. The molecule has 3 aromatic rings. The molecule has 2 heterocycles. The molecular formula is C17H15N3O2S2.